The predicted molar refractivity (Wildman–Crippen MR) is 130 cm³/mol. The Labute approximate surface area is 260 Å². The van der Waals surface area contributed by atoms with E-state index in [1.807, 2.05) is 6.92 Å². The van der Waals surface area contributed by atoms with E-state index in [1.54, 1.807) is 4.74 Å². The number of aromatic nitrogens is 2. The van der Waals surface area contributed by atoms with Gasteiger partial charge in [-0.25, -0.2) is 23.8 Å². The molecule has 2 aromatic rings. The lowest BCUT2D eigenvalue weighted by atomic mass is 10.1. The summed E-state index contributed by atoms with van der Waals surface area (Å²) in [6, 6.07) is 4.02. The minimum absolute atomic E-state index is 0.0103. The smallest absolute Gasteiger partial charge is 0.460 e. The van der Waals surface area contributed by atoms with E-state index in [2.05, 4.69) is 19.4 Å². The number of rotatable bonds is 19. The zero-order chi connectivity index (χ0) is 36.8. The lowest BCUT2D eigenvalue weighted by Gasteiger charge is -2.36. The second-order valence-electron chi connectivity index (χ2n) is 9.85. The van der Waals surface area contributed by atoms with E-state index in [0.29, 0.717) is 12.8 Å². The molecule has 48 heavy (non-hydrogen) atoms. The van der Waals surface area contributed by atoms with Crippen LogP contribution in [0.4, 0.5) is 70.2 Å². The van der Waals surface area contributed by atoms with Crippen LogP contribution in [0.15, 0.2) is 36.7 Å². The predicted octanol–water partition coefficient (Wildman–Crippen LogP) is 9.45. The monoisotopic (exact) mass is 732 g/mol. The van der Waals surface area contributed by atoms with Gasteiger partial charge in [-0.3, -0.25) is 0 Å². The van der Waals surface area contributed by atoms with Crippen molar-refractivity contribution >= 4 is 0 Å². The molecular weight excluding hydrogens is 708 g/mol. The number of benzene rings is 1. The number of alkyl halides is 16. The zero-order valence-electron chi connectivity index (χ0n) is 24.1. The van der Waals surface area contributed by atoms with Crippen LogP contribution in [0.3, 0.4) is 0 Å². The third-order valence-corrected chi connectivity index (χ3v) is 5.94. The molecule has 6 nitrogen and oxygen atoms in total. The van der Waals surface area contributed by atoms with E-state index in [9.17, 15) is 70.2 Å². The van der Waals surface area contributed by atoms with Gasteiger partial charge in [0, 0.05) is 5.56 Å². The van der Waals surface area contributed by atoms with Gasteiger partial charge < -0.3 is 9.47 Å². The Morgan fingerprint density at radius 3 is 1.69 bits per heavy atom. The van der Waals surface area contributed by atoms with Crippen LogP contribution in [0.25, 0.3) is 11.4 Å². The molecule has 1 unspecified atom stereocenters. The minimum Gasteiger partial charge on any atom is -0.487 e. The normalized spacial score (nSPS) is 14.6. The first-order valence-corrected chi connectivity index (χ1v) is 13.3. The summed E-state index contributed by atoms with van der Waals surface area (Å²) >= 11 is 0. The second kappa shape index (κ2) is 15.1. The highest BCUT2D eigenvalue weighted by atomic mass is 19.4. The van der Waals surface area contributed by atoms with Crippen molar-refractivity contribution in [3.63, 3.8) is 0 Å². The Morgan fingerprint density at radius 1 is 0.625 bits per heavy atom. The van der Waals surface area contributed by atoms with Gasteiger partial charge in [-0.15, -0.1) is 0 Å². The third-order valence-electron chi connectivity index (χ3n) is 5.94. The fourth-order valence-electron chi connectivity index (χ4n) is 3.39. The first-order chi connectivity index (χ1) is 21.8. The molecule has 0 saturated carbocycles. The van der Waals surface area contributed by atoms with Crippen molar-refractivity contribution in [3.8, 4) is 22.9 Å². The zero-order valence-corrected chi connectivity index (χ0v) is 24.1. The molecule has 0 radical (unpaired) electrons. The number of nitrogens with zero attached hydrogens (tertiary/aromatic N) is 2. The molecule has 1 atom stereocenters. The Hall–Kier alpha value is -3.30. The van der Waals surface area contributed by atoms with Crippen molar-refractivity contribution < 1.29 is 89.2 Å². The second-order valence-corrected chi connectivity index (χ2v) is 9.85. The van der Waals surface area contributed by atoms with Crippen LogP contribution in [-0.4, -0.2) is 71.8 Å². The Morgan fingerprint density at radius 2 is 1.17 bits per heavy atom. The molecule has 1 heterocycles. The van der Waals surface area contributed by atoms with Crippen LogP contribution in [0.2, 0.25) is 0 Å². The van der Waals surface area contributed by atoms with Gasteiger partial charge in [-0.1, -0.05) is 32.6 Å². The van der Waals surface area contributed by atoms with E-state index in [0.717, 1.165) is 43.5 Å². The number of hydrogen-bond acceptors (Lipinski definition) is 6. The van der Waals surface area contributed by atoms with Crippen LogP contribution in [0.5, 0.6) is 11.5 Å². The summed E-state index contributed by atoms with van der Waals surface area (Å²) in [6.45, 7) is -0.643. The first kappa shape index (κ1) is 40.9. The van der Waals surface area contributed by atoms with E-state index in [-0.39, 0.29) is 23.7 Å². The fourth-order valence-corrected chi connectivity index (χ4v) is 3.39. The van der Waals surface area contributed by atoms with Crippen molar-refractivity contribution in [2.45, 2.75) is 87.7 Å². The standard InChI is InChI=1S/C26H24F16N2O4/c1-2-3-4-5-6-16(27)13-45-18-11-43-19(44-12-18)15-7-9-17(10-8-15)46-14-20(28,29)47-25(39,40)26(41,42)48-24(37,38)22(32,33)21(30,31)23(34,35)36/h7-12,16H,2-6,13-14H2,1H3. The maximum Gasteiger partial charge on any atom is 0.460 e. The lowest BCUT2D eigenvalue weighted by molar-refractivity contribution is -0.542. The minimum atomic E-state index is -7.94. The van der Waals surface area contributed by atoms with Crippen molar-refractivity contribution in [1.82, 2.24) is 9.97 Å². The van der Waals surface area contributed by atoms with Crippen LogP contribution in [0.1, 0.15) is 39.0 Å². The Kier molecular flexibility index (Phi) is 12.8. The molecule has 0 aliphatic rings. The van der Waals surface area contributed by atoms with E-state index in [4.69, 9.17) is 4.74 Å². The van der Waals surface area contributed by atoms with E-state index in [1.165, 1.54) is 12.4 Å². The third kappa shape index (κ3) is 10.1. The van der Waals surface area contributed by atoms with E-state index < -0.39 is 61.0 Å². The van der Waals surface area contributed by atoms with Crippen molar-refractivity contribution in [2.75, 3.05) is 13.2 Å². The highest BCUT2D eigenvalue weighted by Crippen LogP contribution is 2.56. The Balaban J connectivity index is 2.00. The molecule has 22 heteroatoms. The molecule has 0 aliphatic carbocycles. The van der Waals surface area contributed by atoms with E-state index >= 15 is 0 Å². The molecule has 274 valence electrons. The fraction of sp³-hybridized carbons (Fsp3) is 0.615. The summed E-state index contributed by atoms with van der Waals surface area (Å²) in [7, 11) is 0. The highest BCUT2D eigenvalue weighted by Gasteiger charge is 2.85. The van der Waals surface area contributed by atoms with Gasteiger partial charge in [0.2, 0.25) is 0 Å². The van der Waals surface area contributed by atoms with Gasteiger partial charge in [-0.2, -0.15) is 65.9 Å². The van der Waals surface area contributed by atoms with Gasteiger partial charge in [0.15, 0.2) is 18.2 Å². The van der Waals surface area contributed by atoms with Crippen LogP contribution in [-0.2, 0) is 9.47 Å². The van der Waals surface area contributed by atoms with Crippen molar-refractivity contribution in [3.05, 3.63) is 36.7 Å². The largest absolute Gasteiger partial charge is 0.487 e. The molecule has 0 fully saturated rings. The van der Waals surface area contributed by atoms with Gasteiger partial charge >= 0.3 is 42.5 Å². The maximum atomic E-state index is 13.9. The number of ether oxygens (including phenoxy) is 4. The highest BCUT2D eigenvalue weighted by molar-refractivity contribution is 5.56. The summed E-state index contributed by atoms with van der Waals surface area (Å²) in [5.41, 5.74) is 0.188. The summed E-state index contributed by atoms with van der Waals surface area (Å²) in [6.07, 6.45) is -30.3. The Bertz CT molecular complexity index is 1290. The molecular formula is C26H24F16N2O4. The topological polar surface area (TPSA) is 62.7 Å². The molecule has 0 N–H and O–H groups in total. The quantitative estimate of drug-likeness (QED) is 0.106. The molecule has 0 amide bonds. The molecule has 0 saturated heterocycles. The van der Waals surface area contributed by atoms with Crippen molar-refractivity contribution in [2.24, 2.45) is 0 Å². The summed E-state index contributed by atoms with van der Waals surface area (Å²) in [5, 5.41) is 0. The SMILES string of the molecule is CCCCCCC(F)COc1cnc(-c2ccc(OCC(F)(F)OC(F)(F)C(F)(F)OC(F)(F)C(F)(F)C(F)(F)C(F)(F)F)cc2)nc1. The number of hydrogen-bond donors (Lipinski definition) is 0. The average molecular weight is 732 g/mol. The molecule has 0 aliphatic heterocycles. The van der Waals surface area contributed by atoms with Gasteiger partial charge in [0.05, 0.1) is 12.4 Å². The molecule has 1 aromatic carbocycles. The van der Waals surface area contributed by atoms with Gasteiger partial charge in [0.25, 0.3) is 0 Å². The lowest BCUT2D eigenvalue weighted by Crippen LogP contribution is -2.64. The van der Waals surface area contributed by atoms with Gasteiger partial charge in [-0.05, 0) is 30.7 Å². The number of halogens is 16. The summed E-state index contributed by atoms with van der Waals surface area (Å²) in [5.74, 6) is -16.2. The van der Waals surface area contributed by atoms with Gasteiger partial charge in [0.1, 0.15) is 18.5 Å². The number of unbranched alkanes of at least 4 members (excludes halogenated alkanes) is 3. The van der Waals surface area contributed by atoms with Crippen LogP contribution < -0.4 is 9.47 Å². The molecule has 0 spiro atoms. The maximum absolute atomic E-state index is 13.9. The molecule has 0 bridgehead atoms. The molecule has 1 aromatic heterocycles. The molecule has 2 rings (SSSR count). The average Bonchev–Trinajstić information content (AvgIpc) is 2.96. The van der Waals surface area contributed by atoms with Crippen molar-refractivity contribution in [1.29, 1.82) is 0 Å². The first-order valence-electron chi connectivity index (χ1n) is 13.3. The summed E-state index contributed by atoms with van der Waals surface area (Å²) in [4.78, 5) is 7.91. The van der Waals surface area contributed by atoms with Crippen LogP contribution >= 0.6 is 0 Å². The van der Waals surface area contributed by atoms with Crippen LogP contribution in [0, 0.1) is 0 Å². The summed E-state index contributed by atoms with van der Waals surface area (Å²) < 4.78 is 224.